The molecule has 1 aliphatic carbocycles. The van der Waals surface area contributed by atoms with Crippen molar-refractivity contribution in [3.05, 3.63) is 40.5 Å². The lowest BCUT2D eigenvalue weighted by Gasteiger charge is -2.35. The average molecular weight is 412 g/mol. The number of ketones is 1. The van der Waals surface area contributed by atoms with E-state index in [4.69, 9.17) is 14.2 Å². The molecule has 30 heavy (non-hydrogen) atoms. The number of fused-ring (bicyclic) bond motifs is 2. The van der Waals surface area contributed by atoms with Gasteiger partial charge >= 0.3 is 0 Å². The molecule has 0 fully saturated rings. The molecule has 1 aromatic rings. The summed E-state index contributed by atoms with van der Waals surface area (Å²) in [6.07, 6.45) is 8.69. The summed E-state index contributed by atoms with van der Waals surface area (Å²) in [6, 6.07) is 2.02. The Balaban J connectivity index is 1.61. The number of hydrogen-bond acceptors (Lipinski definition) is 5. The Morgan fingerprint density at radius 3 is 2.87 bits per heavy atom. The predicted octanol–water partition coefficient (Wildman–Crippen LogP) is 4.99. The number of likely N-dealkylation sites (N-methyl/N-ethyl adjacent to an activating group) is 1. The van der Waals surface area contributed by atoms with Gasteiger partial charge in [0.1, 0.15) is 0 Å². The van der Waals surface area contributed by atoms with Crippen LogP contribution in [-0.4, -0.2) is 38.2 Å². The summed E-state index contributed by atoms with van der Waals surface area (Å²) in [5, 5.41) is 0. The summed E-state index contributed by atoms with van der Waals surface area (Å²) < 4.78 is 17.0. The first-order chi connectivity index (χ1) is 14.3. The Hall–Kier alpha value is -2.27. The average Bonchev–Trinajstić information content (AvgIpc) is 3.16. The van der Waals surface area contributed by atoms with E-state index >= 15 is 0 Å². The first-order valence-corrected chi connectivity index (χ1v) is 10.9. The number of benzene rings is 1. The van der Waals surface area contributed by atoms with Crippen molar-refractivity contribution in [1.29, 1.82) is 0 Å². The normalized spacial score (nSPS) is 23.0. The Morgan fingerprint density at radius 2 is 2.13 bits per heavy atom. The van der Waals surface area contributed by atoms with Crippen LogP contribution in [-0.2, 0) is 11.2 Å². The van der Waals surface area contributed by atoms with Gasteiger partial charge in [-0.3, -0.25) is 9.69 Å². The molecule has 0 saturated heterocycles. The molecule has 0 amide bonds. The minimum atomic E-state index is -0.0372. The summed E-state index contributed by atoms with van der Waals surface area (Å²) in [6.45, 7) is 7.86. The molecule has 0 aromatic heterocycles. The van der Waals surface area contributed by atoms with Crippen LogP contribution in [0.15, 0.2) is 29.4 Å². The first kappa shape index (κ1) is 21.0. The quantitative estimate of drug-likeness (QED) is 0.639. The monoisotopic (exact) mass is 411 g/mol. The summed E-state index contributed by atoms with van der Waals surface area (Å²) in [4.78, 5) is 15.3. The van der Waals surface area contributed by atoms with Crippen LogP contribution in [0.1, 0.15) is 63.6 Å². The molecule has 3 aliphatic rings. The fourth-order valence-electron chi connectivity index (χ4n) is 5.23. The van der Waals surface area contributed by atoms with E-state index in [1.807, 2.05) is 0 Å². The second-order valence-electron chi connectivity index (χ2n) is 9.40. The summed E-state index contributed by atoms with van der Waals surface area (Å²) >= 11 is 0. The molecule has 162 valence electrons. The van der Waals surface area contributed by atoms with E-state index in [0.29, 0.717) is 17.9 Å². The molecule has 0 N–H and O–H groups in total. The highest BCUT2D eigenvalue weighted by Crippen LogP contribution is 2.50. The molecule has 0 unspecified atom stereocenters. The molecule has 1 aromatic carbocycles. The third kappa shape index (κ3) is 3.76. The third-order valence-electron chi connectivity index (χ3n) is 6.92. The second kappa shape index (κ2) is 8.10. The molecule has 0 radical (unpaired) electrons. The lowest BCUT2D eigenvalue weighted by Crippen LogP contribution is -2.33. The maximum Gasteiger partial charge on any atom is 0.231 e. The number of allylic oxidation sites excluding steroid dienone is 4. The maximum atomic E-state index is 13.0. The standard InChI is InChI=1S/C25H33NO4/c1-16-7-6-11-25(2,3)19(16)9-8-18(27)14-20-22-17(10-12-26(20)4)13-21-23(24(22)28-5)30-15-29-21/h8-9,13,20H,6-7,10-12,14-15H2,1-5H3/b9-8+/t20-/m1/s1. The van der Waals surface area contributed by atoms with E-state index in [0.717, 1.165) is 30.7 Å². The zero-order chi connectivity index (χ0) is 21.5. The number of rotatable bonds is 5. The van der Waals surface area contributed by atoms with Crippen LogP contribution in [0, 0.1) is 5.41 Å². The predicted molar refractivity (Wildman–Crippen MR) is 117 cm³/mol. The van der Waals surface area contributed by atoms with Gasteiger partial charge in [-0.1, -0.05) is 25.5 Å². The fraction of sp³-hybridized carbons (Fsp3) is 0.560. The first-order valence-electron chi connectivity index (χ1n) is 10.9. The molecule has 2 aliphatic heterocycles. The lowest BCUT2D eigenvalue weighted by atomic mass is 9.72. The largest absolute Gasteiger partial charge is 0.492 e. The molecule has 4 rings (SSSR count). The Morgan fingerprint density at radius 1 is 1.33 bits per heavy atom. The second-order valence-corrected chi connectivity index (χ2v) is 9.40. The van der Waals surface area contributed by atoms with Crippen LogP contribution >= 0.6 is 0 Å². The Labute approximate surface area is 179 Å². The van der Waals surface area contributed by atoms with Gasteiger partial charge in [0.05, 0.1) is 7.11 Å². The van der Waals surface area contributed by atoms with Gasteiger partial charge < -0.3 is 14.2 Å². The molecule has 2 heterocycles. The highest BCUT2D eigenvalue weighted by Gasteiger charge is 2.35. The van der Waals surface area contributed by atoms with Crippen molar-refractivity contribution in [3.63, 3.8) is 0 Å². The van der Waals surface area contributed by atoms with E-state index in [1.165, 1.54) is 29.6 Å². The van der Waals surface area contributed by atoms with Crippen molar-refractivity contribution in [2.24, 2.45) is 5.41 Å². The summed E-state index contributed by atoms with van der Waals surface area (Å²) in [7, 11) is 3.73. The van der Waals surface area contributed by atoms with Crippen molar-refractivity contribution in [2.45, 2.75) is 58.9 Å². The zero-order valence-corrected chi connectivity index (χ0v) is 18.8. The van der Waals surface area contributed by atoms with Gasteiger partial charge in [-0.15, -0.1) is 0 Å². The molecule has 5 heteroatoms. The lowest BCUT2D eigenvalue weighted by molar-refractivity contribution is -0.115. The van der Waals surface area contributed by atoms with Gasteiger partial charge in [-0.2, -0.15) is 0 Å². The number of carbonyl (C=O) groups excluding carboxylic acids is 1. The maximum absolute atomic E-state index is 13.0. The van der Waals surface area contributed by atoms with Crippen LogP contribution in [0.2, 0.25) is 0 Å². The SMILES string of the molecule is COc1c2c(cc3c1[C@@H](CC(=O)/C=C/C1=C(C)CCCC1(C)C)N(C)CC3)OCO2. The number of carbonyl (C=O) groups is 1. The number of ether oxygens (including phenoxy) is 3. The fourth-order valence-corrected chi connectivity index (χ4v) is 5.23. The molecule has 0 spiro atoms. The molecular formula is C25H33NO4. The molecule has 0 saturated carbocycles. The topological polar surface area (TPSA) is 48.0 Å². The van der Waals surface area contributed by atoms with Crippen LogP contribution < -0.4 is 14.2 Å². The minimum absolute atomic E-state index is 0.0372. The van der Waals surface area contributed by atoms with Gasteiger partial charge in [-0.25, -0.2) is 0 Å². The number of hydrogen-bond donors (Lipinski definition) is 0. The van der Waals surface area contributed by atoms with Gasteiger partial charge in [0.2, 0.25) is 12.5 Å². The molecule has 5 nitrogen and oxygen atoms in total. The van der Waals surface area contributed by atoms with Crippen LogP contribution in [0.5, 0.6) is 17.2 Å². The van der Waals surface area contributed by atoms with Gasteiger partial charge in [0, 0.05) is 24.6 Å². The third-order valence-corrected chi connectivity index (χ3v) is 6.92. The van der Waals surface area contributed by atoms with Crippen LogP contribution in [0.4, 0.5) is 0 Å². The van der Waals surface area contributed by atoms with E-state index in [-0.39, 0.29) is 24.0 Å². The van der Waals surface area contributed by atoms with Gasteiger partial charge in [0.25, 0.3) is 0 Å². The van der Waals surface area contributed by atoms with E-state index in [9.17, 15) is 4.79 Å². The van der Waals surface area contributed by atoms with Crippen molar-refractivity contribution >= 4 is 5.78 Å². The van der Waals surface area contributed by atoms with Crippen molar-refractivity contribution in [2.75, 3.05) is 27.5 Å². The van der Waals surface area contributed by atoms with E-state index < -0.39 is 0 Å². The van der Waals surface area contributed by atoms with Crippen molar-refractivity contribution in [1.82, 2.24) is 4.90 Å². The Kier molecular flexibility index (Phi) is 5.67. The van der Waals surface area contributed by atoms with Crippen molar-refractivity contribution < 1.29 is 19.0 Å². The highest BCUT2D eigenvalue weighted by molar-refractivity contribution is 5.91. The Bertz CT molecular complexity index is 912. The molecule has 0 bridgehead atoms. The number of methoxy groups -OCH3 is 1. The zero-order valence-electron chi connectivity index (χ0n) is 18.8. The van der Waals surface area contributed by atoms with Crippen LogP contribution in [0.3, 0.4) is 0 Å². The minimum Gasteiger partial charge on any atom is -0.492 e. The van der Waals surface area contributed by atoms with Gasteiger partial charge in [-0.05, 0) is 68.3 Å². The smallest absolute Gasteiger partial charge is 0.231 e. The summed E-state index contributed by atoms with van der Waals surface area (Å²) in [5.74, 6) is 2.24. The van der Waals surface area contributed by atoms with Crippen LogP contribution in [0.25, 0.3) is 0 Å². The number of nitrogens with zero attached hydrogens (tertiary/aromatic N) is 1. The van der Waals surface area contributed by atoms with E-state index in [2.05, 4.69) is 44.9 Å². The molecule has 1 atom stereocenters. The highest BCUT2D eigenvalue weighted by atomic mass is 16.7. The van der Waals surface area contributed by atoms with Crippen molar-refractivity contribution in [3.8, 4) is 17.2 Å². The van der Waals surface area contributed by atoms with E-state index in [1.54, 1.807) is 13.2 Å². The molecular weight excluding hydrogens is 378 g/mol. The summed E-state index contributed by atoms with van der Waals surface area (Å²) in [5.41, 5.74) is 5.10. The van der Waals surface area contributed by atoms with Gasteiger partial charge in [0.15, 0.2) is 17.3 Å².